The molecule has 1 amide bonds. The number of carbonyl (C=O) groups excluding carboxylic acids is 1. The summed E-state index contributed by atoms with van der Waals surface area (Å²) >= 11 is 3.06. The third-order valence-electron chi connectivity index (χ3n) is 6.45. The topological polar surface area (TPSA) is 58.4 Å². The molecule has 1 fully saturated rings. The van der Waals surface area contributed by atoms with Crippen molar-refractivity contribution in [3.8, 4) is 0 Å². The first kappa shape index (κ1) is 22.6. The maximum Gasteiger partial charge on any atom is 0.263 e. The smallest absolute Gasteiger partial charge is 0.263 e. The lowest BCUT2D eigenvalue weighted by Gasteiger charge is -2.35. The first-order chi connectivity index (χ1) is 14.9. The van der Waals surface area contributed by atoms with Crippen molar-refractivity contribution in [3.63, 3.8) is 0 Å². The van der Waals surface area contributed by atoms with Crippen LogP contribution in [0, 0.1) is 5.92 Å². The Bertz CT molecular complexity index is 1040. The van der Waals surface area contributed by atoms with Crippen LogP contribution in [0.25, 0.3) is 10.2 Å². The first-order valence-corrected chi connectivity index (χ1v) is 13.0. The van der Waals surface area contributed by atoms with Gasteiger partial charge in [-0.25, -0.2) is 4.98 Å². The van der Waals surface area contributed by atoms with E-state index in [4.69, 9.17) is 4.98 Å². The molecule has 2 aromatic rings. The Morgan fingerprint density at radius 3 is 2.77 bits per heavy atom. The molecule has 0 saturated carbocycles. The van der Waals surface area contributed by atoms with E-state index in [-0.39, 0.29) is 16.7 Å². The number of aryl methyl sites for hydroxylation is 1. The van der Waals surface area contributed by atoms with Gasteiger partial charge in [0.05, 0.1) is 10.6 Å². The fraction of sp³-hybridized carbons (Fsp3) is 0.609. The van der Waals surface area contributed by atoms with Crippen molar-refractivity contribution in [2.75, 3.05) is 32.7 Å². The Kier molecular flexibility index (Phi) is 6.89. The zero-order valence-electron chi connectivity index (χ0n) is 18.7. The van der Waals surface area contributed by atoms with Gasteiger partial charge < -0.3 is 9.80 Å². The minimum absolute atomic E-state index is 0.00987. The van der Waals surface area contributed by atoms with Crippen molar-refractivity contribution in [3.05, 3.63) is 33.4 Å². The molecule has 31 heavy (non-hydrogen) atoms. The van der Waals surface area contributed by atoms with Crippen molar-refractivity contribution in [1.29, 1.82) is 0 Å². The van der Waals surface area contributed by atoms with E-state index < -0.39 is 0 Å². The van der Waals surface area contributed by atoms with Crippen LogP contribution in [-0.4, -0.2) is 63.2 Å². The molecule has 0 N–H and O–H groups in total. The fourth-order valence-electron chi connectivity index (χ4n) is 4.53. The maximum absolute atomic E-state index is 13.4. The number of nitrogens with zero attached hydrogens (tertiary/aromatic N) is 4. The molecule has 1 aliphatic heterocycles. The molecule has 0 spiro atoms. The molecule has 0 radical (unpaired) electrons. The van der Waals surface area contributed by atoms with Gasteiger partial charge in [-0.15, -0.1) is 17.9 Å². The third-order valence-corrected chi connectivity index (χ3v) is 8.68. The van der Waals surface area contributed by atoms with Crippen LogP contribution in [0.15, 0.2) is 22.6 Å². The van der Waals surface area contributed by atoms with E-state index in [1.54, 1.807) is 22.0 Å². The Morgan fingerprint density at radius 2 is 2.10 bits per heavy atom. The van der Waals surface area contributed by atoms with E-state index in [2.05, 4.69) is 25.3 Å². The average Bonchev–Trinajstić information content (AvgIpc) is 3.13. The lowest BCUT2D eigenvalue weighted by atomic mass is 9.89. The second-order valence-electron chi connectivity index (χ2n) is 8.65. The van der Waals surface area contributed by atoms with Gasteiger partial charge in [-0.2, -0.15) is 0 Å². The Morgan fingerprint density at radius 1 is 1.35 bits per heavy atom. The second kappa shape index (κ2) is 9.46. The van der Waals surface area contributed by atoms with E-state index in [0.29, 0.717) is 17.6 Å². The fourth-order valence-corrected chi connectivity index (χ4v) is 6.96. The van der Waals surface area contributed by atoms with Crippen molar-refractivity contribution < 1.29 is 4.79 Å². The van der Waals surface area contributed by atoms with Crippen LogP contribution in [0.2, 0.25) is 0 Å². The number of fused-ring (bicyclic) bond motifs is 3. The molecule has 3 heterocycles. The van der Waals surface area contributed by atoms with Gasteiger partial charge in [0.2, 0.25) is 5.91 Å². The number of thioether (sulfide) groups is 1. The van der Waals surface area contributed by atoms with Crippen LogP contribution in [0.3, 0.4) is 0 Å². The highest BCUT2D eigenvalue weighted by Crippen LogP contribution is 2.37. The minimum Gasteiger partial charge on any atom is -0.339 e. The standard InChI is InChI=1S/C23H32N4O2S2/c1-5-9-27-22(29)19-17-8-7-15(3)14-18(17)31-20(19)24-23(27)30-16(4)21(28)26-12-10-25(6-2)11-13-26/h5,15-16H,1,6-14H2,2-4H3/t15-,16-/m0/s1. The van der Waals surface area contributed by atoms with Crippen LogP contribution in [-0.2, 0) is 24.2 Å². The van der Waals surface area contributed by atoms with Gasteiger partial charge in [0.1, 0.15) is 4.83 Å². The molecule has 168 valence electrons. The van der Waals surface area contributed by atoms with Crippen molar-refractivity contribution in [1.82, 2.24) is 19.4 Å². The Hall–Kier alpha value is -1.64. The summed E-state index contributed by atoms with van der Waals surface area (Å²) in [6.45, 7) is 15.0. The quantitative estimate of drug-likeness (QED) is 0.376. The summed E-state index contributed by atoms with van der Waals surface area (Å²) in [5.41, 5.74) is 1.21. The van der Waals surface area contributed by atoms with Gasteiger partial charge in [-0.05, 0) is 44.2 Å². The Balaban J connectivity index is 1.62. The zero-order chi connectivity index (χ0) is 22.1. The summed E-state index contributed by atoms with van der Waals surface area (Å²) in [5, 5.41) is 1.12. The lowest BCUT2D eigenvalue weighted by Crippen LogP contribution is -2.50. The molecule has 2 aliphatic rings. The SMILES string of the molecule is C=CCn1c(S[C@@H](C)C(=O)N2CCN(CC)CC2)nc2sc3c(c2c1=O)CC[C@H](C)C3. The van der Waals surface area contributed by atoms with E-state index in [1.165, 1.54) is 22.2 Å². The molecular weight excluding hydrogens is 428 g/mol. The van der Waals surface area contributed by atoms with E-state index in [1.807, 2.05) is 11.8 Å². The van der Waals surface area contributed by atoms with Crippen LogP contribution < -0.4 is 5.56 Å². The van der Waals surface area contributed by atoms with Gasteiger partial charge in [-0.1, -0.05) is 31.7 Å². The van der Waals surface area contributed by atoms with E-state index >= 15 is 0 Å². The molecule has 0 unspecified atom stereocenters. The van der Waals surface area contributed by atoms with Crippen LogP contribution in [0.1, 0.15) is 37.6 Å². The molecule has 1 aliphatic carbocycles. The number of likely N-dealkylation sites (N-methyl/N-ethyl adjacent to an activating group) is 1. The number of piperazine rings is 1. The normalized spacial score (nSPS) is 20.6. The number of carbonyl (C=O) groups is 1. The molecular formula is C23H32N4O2S2. The van der Waals surface area contributed by atoms with Gasteiger partial charge in [0.25, 0.3) is 5.56 Å². The summed E-state index contributed by atoms with van der Waals surface area (Å²) in [4.78, 5) is 37.8. The second-order valence-corrected chi connectivity index (χ2v) is 11.0. The highest BCUT2D eigenvalue weighted by atomic mass is 32.2. The Labute approximate surface area is 192 Å². The van der Waals surface area contributed by atoms with Gasteiger partial charge in [0, 0.05) is 37.6 Å². The number of aromatic nitrogens is 2. The van der Waals surface area contributed by atoms with Crippen molar-refractivity contribution >= 4 is 39.2 Å². The molecule has 6 nitrogen and oxygen atoms in total. The van der Waals surface area contributed by atoms with Crippen LogP contribution in [0.5, 0.6) is 0 Å². The van der Waals surface area contributed by atoms with Crippen LogP contribution >= 0.6 is 23.1 Å². The monoisotopic (exact) mass is 460 g/mol. The van der Waals surface area contributed by atoms with Crippen molar-refractivity contribution in [2.45, 2.75) is 57.0 Å². The van der Waals surface area contributed by atoms with Gasteiger partial charge in [-0.3, -0.25) is 14.2 Å². The molecule has 0 aromatic carbocycles. The summed E-state index contributed by atoms with van der Waals surface area (Å²) in [6.07, 6.45) is 4.83. The number of rotatable bonds is 6. The lowest BCUT2D eigenvalue weighted by molar-refractivity contribution is -0.132. The molecule has 4 rings (SSSR count). The zero-order valence-corrected chi connectivity index (χ0v) is 20.4. The number of hydrogen-bond donors (Lipinski definition) is 0. The van der Waals surface area contributed by atoms with Gasteiger partial charge >= 0.3 is 0 Å². The number of allylic oxidation sites excluding steroid dienone is 1. The largest absolute Gasteiger partial charge is 0.339 e. The predicted molar refractivity (Wildman–Crippen MR) is 129 cm³/mol. The maximum atomic E-state index is 13.4. The summed E-state index contributed by atoms with van der Waals surface area (Å²) in [5.74, 6) is 0.773. The molecule has 0 bridgehead atoms. The number of hydrogen-bond acceptors (Lipinski definition) is 6. The highest BCUT2D eigenvalue weighted by Gasteiger charge is 2.28. The average molecular weight is 461 g/mol. The molecule has 8 heteroatoms. The van der Waals surface area contributed by atoms with Gasteiger partial charge in [0.15, 0.2) is 5.16 Å². The number of amides is 1. The first-order valence-electron chi connectivity index (χ1n) is 11.3. The number of thiophene rings is 1. The van der Waals surface area contributed by atoms with Crippen LogP contribution in [0.4, 0.5) is 0 Å². The minimum atomic E-state index is -0.289. The third kappa shape index (κ3) is 4.47. The summed E-state index contributed by atoms with van der Waals surface area (Å²) < 4.78 is 1.70. The van der Waals surface area contributed by atoms with E-state index in [0.717, 1.165) is 62.2 Å². The molecule has 2 aromatic heterocycles. The highest BCUT2D eigenvalue weighted by molar-refractivity contribution is 8.00. The van der Waals surface area contributed by atoms with Crippen molar-refractivity contribution in [2.24, 2.45) is 5.92 Å². The van der Waals surface area contributed by atoms with E-state index in [9.17, 15) is 9.59 Å². The summed E-state index contributed by atoms with van der Waals surface area (Å²) in [6, 6.07) is 0. The molecule has 2 atom stereocenters. The predicted octanol–water partition coefficient (Wildman–Crippen LogP) is 3.41. The molecule has 1 saturated heterocycles. The summed E-state index contributed by atoms with van der Waals surface area (Å²) in [7, 11) is 0.